The van der Waals surface area contributed by atoms with Gasteiger partial charge in [-0.3, -0.25) is 4.79 Å². The maximum atomic E-state index is 12.0. The molecule has 4 nitrogen and oxygen atoms in total. The normalized spacial score (nSPS) is 10.7. The number of hydrogen-bond donors (Lipinski definition) is 2. The average Bonchev–Trinajstić information content (AvgIpc) is 2.44. The summed E-state index contributed by atoms with van der Waals surface area (Å²) in [5.74, 6) is 0.530. The third-order valence-corrected chi connectivity index (χ3v) is 3.06. The van der Waals surface area contributed by atoms with Crippen molar-refractivity contribution in [2.75, 3.05) is 31.6 Å². The summed E-state index contributed by atoms with van der Waals surface area (Å²) in [5.41, 5.74) is 2.87. The van der Waals surface area contributed by atoms with Crippen molar-refractivity contribution in [2.24, 2.45) is 5.92 Å². The van der Waals surface area contributed by atoms with Crippen molar-refractivity contribution < 1.29 is 9.53 Å². The number of amides is 1. The van der Waals surface area contributed by atoms with E-state index in [0.29, 0.717) is 24.6 Å². The Bertz CT molecular complexity index is 444. The number of carbonyl (C=O) groups excluding carboxylic acids is 1. The van der Waals surface area contributed by atoms with Crippen LogP contribution in [0.1, 0.15) is 43.1 Å². The SMILES string of the molecule is CCNc1ccc(C(=O)NCCCOCC(C)C)cc1C. The van der Waals surface area contributed by atoms with Crippen LogP contribution < -0.4 is 10.6 Å². The summed E-state index contributed by atoms with van der Waals surface area (Å²) < 4.78 is 5.48. The van der Waals surface area contributed by atoms with E-state index in [1.807, 2.05) is 25.1 Å². The summed E-state index contributed by atoms with van der Waals surface area (Å²) in [4.78, 5) is 12.0. The predicted octanol–water partition coefficient (Wildman–Crippen LogP) is 3.22. The van der Waals surface area contributed by atoms with Gasteiger partial charge in [0.15, 0.2) is 0 Å². The molecule has 0 radical (unpaired) electrons. The second kappa shape index (κ2) is 9.40. The molecule has 4 heteroatoms. The Morgan fingerprint density at radius 1 is 1.33 bits per heavy atom. The molecule has 0 aliphatic rings. The minimum Gasteiger partial charge on any atom is -0.385 e. The van der Waals surface area contributed by atoms with Crippen LogP contribution in [0.15, 0.2) is 18.2 Å². The van der Waals surface area contributed by atoms with Crippen molar-refractivity contribution in [3.05, 3.63) is 29.3 Å². The first-order valence-electron chi connectivity index (χ1n) is 7.75. The fourth-order valence-electron chi connectivity index (χ4n) is 1.99. The number of benzene rings is 1. The van der Waals surface area contributed by atoms with E-state index in [2.05, 4.69) is 31.4 Å². The maximum Gasteiger partial charge on any atom is 0.251 e. The lowest BCUT2D eigenvalue weighted by molar-refractivity contribution is 0.0925. The third-order valence-electron chi connectivity index (χ3n) is 3.06. The van der Waals surface area contributed by atoms with Gasteiger partial charge in [0.25, 0.3) is 5.91 Å². The first kappa shape index (κ1) is 17.5. The van der Waals surface area contributed by atoms with Crippen LogP contribution in [0.5, 0.6) is 0 Å². The number of aryl methyl sites for hydroxylation is 1. The summed E-state index contributed by atoms with van der Waals surface area (Å²) in [7, 11) is 0. The Labute approximate surface area is 128 Å². The van der Waals surface area contributed by atoms with Crippen LogP contribution >= 0.6 is 0 Å². The van der Waals surface area contributed by atoms with Crippen molar-refractivity contribution in [1.29, 1.82) is 0 Å². The zero-order chi connectivity index (χ0) is 15.7. The largest absolute Gasteiger partial charge is 0.385 e. The number of ether oxygens (including phenoxy) is 1. The zero-order valence-corrected chi connectivity index (χ0v) is 13.7. The Balaban J connectivity index is 2.33. The van der Waals surface area contributed by atoms with E-state index in [0.717, 1.165) is 30.8 Å². The molecule has 1 rings (SSSR count). The fourth-order valence-corrected chi connectivity index (χ4v) is 1.99. The zero-order valence-electron chi connectivity index (χ0n) is 13.7. The second-order valence-corrected chi connectivity index (χ2v) is 5.64. The summed E-state index contributed by atoms with van der Waals surface area (Å²) in [6.45, 7) is 11.3. The summed E-state index contributed by atoms with van der Waals surface area (Å²) in [5, 5.41) is 6.20. The van der Waals surface area contributed by atoms with Crippen molar-refractivity contribution in [2.45, 2.75) is 34.1 Å². The molecule has 1 aromatic carbocycles. The highest BCUT2D eigenvalue weighted by atomic mass is 16.5. The van der Waals surface area contributed by atoms with Gasteiger partial charge in [0.1, 0.15) is 0 Å². The van der Waals surface area contributed by atoms with E-state index < -0.39 is 0 Å². The molecular formula is C17H28N2O2. The van der Waals surface area contributed by atoms with Crippen LogP contribution in [0, 0.1) is 12.8 Å². The monoisotopic (exact) mass is 292 g/mol. The molecule has 0 fully saturated rings. The topological polar surface area (TPSA) is 50.4 Å². The number of rotatable bonds is 9. The summed E-state index contributed by atoms with van der Waals surface area (Å²) in [6.07, 6.45) is 0.840. The predicted molar refractivity (Wildman–Crippen MR) is 87.9 cm³/mol. The van der Waals surface area contributed by atoms with Crippen LogP contribution in [-0.2, 0) is 4.74 Å². The third kappa shape index (κ3) is 6.63. The molecule has 1 aromatic rings. The Hall–Kier alpha value is -1.55. The number of hydrogen-bond acceptors (Lipinski definition) is 3. The van der Waals surface area contributed by atoms with Crippen LogP contribution in [0.3, 0.4) is 0 Å². The highest BCUT2D eigenvalue weighted by molar-refractivity contribution is 5.94. The number of carbonyl (C=O) groups is 1. The molecule has 1 amide bonds. The van der Waals surface area contributed by atoms with Gasteiger partial charge in [-0.05, 0) is 49.9 Å². The van der Waals surface area contributed by atoms with Crippen molar-refractivity contribution in [3.63, 3.8) is 0 Å². The van der Waals surface area contributed by atoms with E-state index in [9.17, 15) is 4.79 Å². The molecule has 21 heavy (non-hydrogen) atoms. The summed E-state index contributed by atoms with van der Waals surface area (Å²) >= 11 is 0. The first-order chi connectivity index (χ1) is 10.0. The smallest absolute Gasteiger partial charge is 0.251 e. The molecule has 0 atom stereocenters. The van der Waals surface area contributed by atoms with Crippen molar-refractivity contribution in [3.8, 4) is 0 Å². The van der Waals surface area contributed by atoms with E-state index in [-0.39, 0.29) is 5.91 Å². The van der Waals surface area contributed by atoms with Crippen LogP contribution in [0.4, 0.5) is 5.69 Å². The molecule has 0 unspecified atom stereocenters. The minimum absolute atomic E-state index is 0.0231. The molecule has 0 spiro atoms. The molecular weight excluding hydrogens is 264 g/mol. The van der Waals surface area contributed by atoms with Gasteiger partial charge in [-0.2, -0.15) is 0 Å². The summed E-state index contributed by atoms with van der Waals surface area (Å²) in [6, 6.07) is 5.73. The molecule has 0 saturated heterocycles. The van der Waals surface area contributed by atoms with Gasteiger partial charge in [0.05, 0.1) is 0 Å². The van der Waals surface area contributed by atoms with Crippen LogP contribution in [0.25, 0.3) is 0 Å². The molecule has 0 saturated carbocycles. The maximum absolute atomic E-state index is 12.0. The van der Waals surface area contributed by atoms with E-state index >= 15 is 0 Å². The standard InChI is InChI=1S/C17H28N2O2/c1-5-18-16-8-7-15(11-14(16)4)17(20)19-9-6-10-21-12-13(2)3/h7-8,11,13,18H,5-6,9-10,12H2,1-4H3,(H,19,20). The Morgan fingerprint density at radius 3 is 2.71 bits per heavy atom. The van der Waals surface area contributed by atoms with Gasteiger partial charge in [-0.15, -0.1) is 0 Å². The highest BCUT2D eigenvalue weighted by Crippen LogP contribution is 2.16. The molecule has 118 valence electrons. The lowest BCUT2D eigenvalue weighted by Crippen LogP contribution is -2.25. The van der Waals surface area contributed by atoms with E-state index in [1.54, 1.807) is 0 Å². The van der Waals surface area contributed by atoms with Crippen molar-refractivity contribution >= 4 is 11.6 Å². The van der Waals surface area contributed by atoms with E-state index in [1.165, 1.54) is 0 Å². The highest BCUT2D eigenvalue weighted by Gasteiger charge is 2.07. The van der Waals surface area contributed by atoms with Gasteiger partial charge in [0, 0.05) is 37.6 Å². The molecule has 2 N–H and O–H groups in total. The molecule has 0 aliphatic heterocycles. The van der Waals surface area contributed by atoms with Crippen molar-refractivity contribution in [1.82, 2.24) is 5.32 Å². The average molecular weight is 292 g/mol. The Kier molecular flexibility index (Phi) is 7.83. The number of anilines is 1. The molecule has 0 aromatic heterocycles. The molecule has 0 aliphatic carbocycles. The van der Waals surface area contributed by atoms with Crippen LogP contribution in [0.2, 0.25) is 0 Å². The van der Waals surface area contributed by atoms with Crippen LogP contribution in [-0.4, -0.2) is 32.2 Å². The molecule has 0 heterocycles. The molecule has 0 bridgehead atoms. The van der Waals surface area contributed by atoms with Gasteiger partial charge in [-0.1, -0.05) is 13.8 Å². The van der Waals surface area contributed by atoms with Gasteiger partial charge in [-0.25, -0.2) is 0 Å². The van der Waals surface area contributed by atoms with E-state index in [4.69, 9.17) is 4.74 Å². The Morgan fingerprint density at radius 2 is 2.10 bits per heavy atom. The minimum atomic E-state index is -0.0231. The van der Waals surface area contributed by atoms with Gasteiger partial charge in [0.2, 0.25) is 0 Å². The van der Waals surface area contributed by atoms with Gasteiger partial charge >= 0.3 is 0 Å². The lowest BCUT2D eigenvalue weighted by Gasteiger charge is -2.10. The lowest BCUT2D eigenvalue weighted by atomic mass is 10.1. The fraction of sp³-hybridized carbons (Fsp3) is 0.588. The number of nitrogens with one attached hydrogen (secondary N) is 2. The first-order valence-corrected chi connectivity index (χ1v) is 7.75. The van der Waals surface area contributed by atoms with Gasteiger partial charge < -0.3 is 15.4 Å². The quantitative estimate of drug-likeness (QED) is 0.687. The second-order valence-electron chi connectivity index (χ2n) is 5.64.